The van der Waals surface area contributed by atoms with E-state index in [-0.39, 0.29) is 22.0 Å². The summed E-state index contributed by atoms with van der Waals surface area (Å²) in [5, 5.41) is 28.5. The molecule has 2 aromatic rings. The summed E-state index contributed by atoms with van der Waals surface area (Å²) in [4.78, 5) is 32.9. The van der Waals surface area contributed by atoms with E-state index in [0.717, 1.165) is 12.1 Å². The fourth-order valence-electron chi connectivity index (χ4n) is 2.15. The number of anilines is 1. The van der Waals surface area contributed by atoms with Crippen LogP contribution in [0.25, 0.3) is 0 Å². The Morgan fingerprint density at radius 3 is 2.29 bits per heavy atom. The summed E-state index contributed by atoms with van der Waals surface area (Å²) < 4.78 is 1.34. The van der Waals surface area contributed by atoms with Gasteiger partial charge in [-0.2, -0.15) is 5.10 Å². The molecule has 0 aliphatic carbocycles. The van der Waals surface area contributed by atoms with Crippen LogP contribution in [0.1, 0.15) is 23.0 Å². The maximum absolute atomic E-state index is 12.3. The second-order valence-corrected chi connectivity index (χ2v) is 5.17. The van der Waals surface area contributed by atoms with Crippen LogP contribution >= 0.6 is 11.6 Å². The number of rotatable bonds is 5. The summed E-state index contributed by atoms with van der Waals surface area (Å²) in [6.07, 6.45) is 1.29. The molecular weight excluding hydrogens is 342 g/mol. The molecule has 24 heavy (non-hydrogen) atoms. The lowest BCUT2D eigenvalue weighted by molar-refractivity contribution is -0.395. The van der Waals surface area contributed by atoms with Gasteiger partial charge in [0.15, 0.2) is 0 Å². The van der Waals surface area contributed by atoms with Gasteiger partial charge >= 0.3 is 0 Å². The largest absolute Gasteiger partial charge is 0.320 e. The molecule has 126 valence electrons. The highest BCUT2D eigenvalue weighted by molar-refractivity contribution is 6.34. The van der Waals surface area contributed by atoms with E-state index in [9.17, 15) is 25.0 Å². The van der Waals surface area contributed by atoms with Crippen molar-refractivity contribution in [1.29, 1.82) is 0 Å². The van der Waals surface area contributed by atoms with Crippen LogP contribution < -0.4 is 5.32 Å². The van der Waals surface area contributed by atoms with Crippen molar-refractivity contribution in [2.45, 2.75) is 20.4 Å². The SMILES string of the molecule is CCn1ncc(Cl)c1C(=O)Nc1cc([N+](=O)[O-])c(C)c([N+](=O)[O-])c1. The topological polar surface area (TPSA) is 133 Å². The Kier molecular flexibility index (Phi) is 4.79. The van der Waals surface area contributed by atoms with Gasteiger partial charge in [0.1, 0.15) is 11.3 Å². The molecular formula is C13H12ClN5O5. The lowest BCUT2D eigenvalue weighted by Crippen LogP contribution is -2.18. The number of nitrogens with zero attached hydrogens (tertiary/aromatic N) is 4. The standard InChI is InChI=1S/C13H12ClN5O5/c1-3-17-12(9(14)6-15-17)13(20)16-8-4-10(18(21)22)7(2)11(5-8)19(23)24/h4-6H,3H2,1-2H3,(H,16,20). The molecule has 0 bridgehead atoms. The summed E-state index contributed by atoms with van der Waals surface area (Å²) in [6, 6.07) is 2.11. The number of carbonyl (C=O) groups is 1. The zero-order valence-electron chi connectivity index (χ0n) is 12.6. The number of hydrogen-bond acceptors (Lipinski definition) is 6. The third-order valence-corrected chi connectivity index (χ3v) is 3.59. The first-order chi connectivity index (χ1) is 11.3. The zero-order chi connectivity index (χ0) is 18.0. The molecule has 0 fully saturated rings. The molecule has 0 spiro atoms. The van der Waals surface area contributed by atoms with Gasteiger partial charge in [-0.3, -0.25) is 29.7 Å². The quantitative estimate of drug-likeness (QED) is 0.648. The molecule has 0 saturated carbocycles. The van der Waals surface area contributed by atoms with E-state index in [1.165, 1.54) is 17.8 Å². The average molecular weight is 354 g/mol. The average Bonchev–Trinajstić information content (AvgIpc) is 2.89. The molecule has 0 saturated heterocycles. The van der Waals surface area contributed by atoms with Gasteiger partial charge in [0.25, 0.3) is 17.3 Å². The normalized spacial score (nSPS) is 10.5. The number of halogens is 1. The number of benzene rings is 1. The summed E-state index contributed by atoms with van der Waals surface area (Å²) in [7, 11) is 0. The van der Waals surface area contributed by atoms with E-state index < -0.39 is 27.1 Å². The Morgan fingerprint density at radius 1 is 1.29 bits per heavy atom. The van der Waals surface area contributed by atoms with Crippen LogP contribution in [0.4, 0.5) is 17.1 Å². The van der Waals surface area contributed by atoms with Crippen LogP contribution in [0.15, 0.2) is 18.3 Å². The first-order valence-electron chi connectivity index (χ1n) is 6.72. The Balaban J connectivity index is 2.46. The molecule has 0 aliphatic rings. The monoisotopic (exact) mass is 353 g/mol. The van der Waals surface area contributed by atoms with E-state index in [0.29, 0.717) is 6.54 Å². The van der Waals surface area contributed by atoms with Crippen molar-refractivity contribution < 1.29 is 14.6 Å². The van der Waals surface area contributed by atoms with E-state index in [1.54, 1.807) is 6.92 Å². The van der Waals surface area contributed by atoms with E-state index >= 15 is 0 Å². The number of nitro benzene ring substituents is 2. The molecule has 1 aromatic heterocycles. The number of hydrogen-bond donors (Lipinski definition) is 1. The molecule has 1 heterocycles. The van der Waals surface area contributed by atoms with Crippen LogP contribution in [0, 0.1) is 27.2 Å². The Hall–Kier alpha value is -3.01. The van der Waals surface area contributed by atoms with Crippen molar-refractivity contribution in [3.05, 3.63) is 54.8 Å². The summed E-state index contributed by atoms with van der Waals surface area (Å²) in [6.45, 7) is 3.40. The van der Waals surface area contributed by atoms with Crippen LogP contribution in [-0.2, 0) is 6.54 Å². The molecule has 1 amide bonds. The lowest BCUT2D eigenvalue weighted by Gasteiger charge is -2.08. The number of aryl methyl sites for hydroxylation is 1. The van der Waals surface area contributed by atoms with E-state index in [4.69, 9.17) is 11.6 Å². The van der Waals surface area contributed by atoms with Gasteiger partial charge in [-0.15, -0.1) is 0 Å². The molecule has 11 heteroatoms. The molecule has 0 unspecified atom stereocenters. The van der Waals surface area contributed by atoms with Gasteiger partial charge in [-0.05, 0) is 13.8 Å². The Bertz CT molecular complexity index is 812. The number of nitro groups is 2. The maximum Gasteiger partial charge on any atom is 0.281 e. The van der Waals surface area contributed by atoms with Crippen LogP contribution in [0.2, 0.25) is 5.02 Å². The van der Waals surface area contributed by atoms with Crippen LogP contribution in [0.5, 0.6) is 0 Å². The van der Waals surface area contributed by atoms with Crippen molar-refractivity contribution in [3.8, 4) is 0 Å². The molecule has 1 aromatic carbocycles. The summed E-state index contributed by atoms with van der Waals surface area (Å²) >= 11 is 5.91. The van der Waals surface area contributed by atoms with Gasteiger partial charge < -0.3 is 5.32 Å². The molecule has 10 nitrogen and oxygen atoms in total. The van der Waals surface area contributed by atoms with Crippen molar-refractivity contribution in [3.63, 3.8) is 0 Å². The van der Waals surface area contributed by atoms with Gasteiger partial charge in [0.05, 0.1) is 26.8 Å². The second-order valence-electron chi connectivity index (χ2n) is 4.76. The fourth-order valence-corrected chi connectivity index (χ4v) is 2.38. The second kappa shape index (κ2) is 6.62. The number of carbonyl (C=O) groups excluding carboxylic acids is 1. The van der Waals surface area contributed by atoms with Crippen molar-refractivity contribution in [2.75, 3.05) is 5.32 Å². The third-order valence-electron chi connectivity index (χ3n) is 3.31. The van der Waals surface area contributed by atoms with Gasteiger partial charge in [-0.25, -0.2) is 0 Å². The minimum atomic E-state index is -0.749. The third kappa shape index (κ3) is 3.18. The maximum atomic E-state index is 12.3. The van der Waals surface area contributed by atoms with E-state index in [1.807, 2.05) is 0 Å². The van der Waals surface area contributed by atoms with Crippen molar-refractivity contribution in [2.24, 2.45) is 0 Å². The van der Waals surface area contributed by atoms with Gasteiger partial charge in [0.2, 0.25) is 0 Å². The van der Waals surface area contributed by atoms with Gasteiger partial charge in [0, 0.05) is 18.7 Å². The zero-order valence-corrected chi connectivity index (χ0v) is 13.4. The van der Waals surface area contributed by atoms with Crippen molar-refractivity contribution in [1.82, 2.24) is 9.78 Å². The Morgan fingerprint density at radius 2 is 1.83 bits per heavy atom. The number of amides is 1. The smallest absolute Gasteiger partial charge is 0.281 e. The molecule has 2 rings (SSSR count). The highest BCUT2D eigenvalue weighted by Gasteiger charge is 2.25. The minimum Gasteiger partial charge on any atom is -0.320 e. The molecule has 0 atom stereocenters. The predicted octanol–water partition coefficient (Wildman–Crippen LogP) is 2.93. The summed E-state index contributed by atoms with van der Waals surface area (Å²) in [5.41, 5.74) is -1.04. The minimum absolute atomic E-state index is 0.0602. The predicted molar refractivity (Wildman–Crippen MR) is 85.4 cm³/mol. The highest BCUT2D eigenvalue weighted by Crippen LogP contribution is 2.32. The molecule has 1 N–H and O–H groups in total. The molecule has 0 radical (unpaired) electrons. The highest BCUT2D eigenvalue weighted by atomic mass is 35.5. The first-order valence-corrected chi connectivity index (χ1v) is 7.10. The van der Waals surface area contributed by atoms with Crippen molar-refractivity contribution >= 4 is 34.6 Å². The first kappa shape index (κ1) is 17.3. The number of aromatic nitrogens is 2. The summed E-state index contributed by atoms with van der Waals surface area (Å²) in [5.74, 6) is -0.674. The fraction of sp³-hybridized carbons (Fsp3) is 0.231. The number of nitrogens with one attached hydrogen (secondary N) is 1. The lowest BCUT2D eigenvalue weighted by atomic mass is 10.1. The Labute approximate surface area is 140 Å². The van der Waals surface area contributed by atoms with E-state index in [2.05, 4.69) is 10.4 Å². The molecule has 0 aliphatic heterocycles. The van der Waals surface area contributed by atoms with Gasteiger partial charge in [-0.1, -0.05) is 11.6 Å². The van der Waals surface area contributed by atoms with Crippen LogP contribution in [0.3, 0.4) is 0 Å². The van der Waals surface area contributed by atoms with Crippen LogP contribution in [-0.4, -0.2) is 25.5 Å².